The van der Waals surface area contributed by atoms with E-state index in [9.17, 15) is 4.79 Å². The highest BCUT2D eigenvalue weighted by molar-refractivity contribution is 5.70. The van der Waals surface area contributed by atoms with Gasteiger partial charge in [0.2, 0.25) is 5.95 Å². The number of hydrogen-bond acceptors (Lipinski definition) is 5. The molecule has 1 fully saturated rings. The van der Waals surface area contributed by atoms with Gasteiger partial charge in [-0.05, 0) is 31.2 Å². The highest BCUT2D eigenvalue weighted by Crippen LogP contribution is 2.25. The van der Waals surface area contributed by atoms with Crippen LogP contribution in [0.15, 0.2) is 6.20 Å². The van der Waals surface area contributed by atoms with E-state index in [1.807, 2.05) is 6.20 Å². The molecule has 0 saturated carbocycles. The lowest BCUT2D eigenvalue weighted by Crippen LogP contribution is -2.29. The first-order chi connectivity index (χ1) is 9.72. The van der Waals surface area contributed by atoms with E-state index < -0.39 is 5.97 Å². The third kappa shape index (κ3) is 2.90. The first-order valence-corrected chi connectivity index (χ1v) is 7.14. The minimum atomic E-state index is -0.729. The van der Waals surface area contributed by atoms with Crippen molar-refractivity contribution in [3.63, 3.8) is 0 Å². The maximum atomic E-state index is 11.1. The van der Waals surface area contributed by atoms with Crippen molar-refractivity contribution in [1.29, 1.82) is 0 Å². The molecule has 2 N–H and O–H groups in total. The third-order valence-electron chi connectivity index (χ3n) is 4.06. The van der Waals surface area contributed by atoms with Gasteiger partial charge >= 0.3 is 5.97 Å². The Hall–Kier alpha value is -1.69. The SMILES string of the molecule is O=C(O)[C@H]1CCc2cnc(NC3CCOCC3)nc2C1. The number of nitrogens with zero attached hydrogens (tertiary/aromatic N) is 2. The molecule has 1 aliphatic heterocycles. The Morgan fingerprint density at radius 3 is 2.90 bits per heavy atom. The molecule has 20 heavy (non-hydrogen) atoms. The van der Waals surface area contributed by atoms with E-state index in [2.05, 4.69) is 15.3 Å². The maximum Gasteiger partial charge on any atom is 0.306 e. The summed E-state index contributed by atoms with van der Waals surface area (Å²) in [6.07, 6.45) is 5.69. The van der Waals surface area contributed by atoms with Crippen LogP contribution in [0.25, 0.3) is 0 Å². The second-order valence-electron chi connectivity index (χ2n) is 5.47. The molecule has 2 aliphatic rings. The fourth-order valence-electron chi connectivity index (χ4n) is 2.80. The van der Waals surface area contributed by atoms with Crippen molar-refractivity contribution in [1.82, 2.24) is 9.97 Å². The number of nitrogens with one attached hydrogen (secondary N) is 1. The molecule has 0 aromatic carbocycles. The summed E-state index contributed by atoms with van der Waals surface area (Å²) in [5.74, 6) is -0.428. The van der Waals surface area contributed by atoms with Crippen molar-refractivity contribution in [3.05, 3.63) is 17.5 Å². The number of anilines is 1. The van der Waals surface area contributed by atoms with Crippen molar-refractivity contribution < 1.29 is 14.6 Å². The van der Waals surface area contributed by atoms with Crippen molar-refractivity contribution in [3.8, 4) is 0 Å². The number of hydrogen-bond donors (Lipinski definition) is 2. The Kier molecular flexibility index (Phi) is 3.82. The standard InChI is InChI=1S/C14H19N3O3/c18-13(19)9-1-2-10-8-15-14(17-12(10)7-9)16-11-3-5-20-6-4-11/h8-9,11H,1-7H2,(H,18,19)(H,15,16,17)/t9-/m0/s1. The maximum absolute atomic E-state index is 11.1. The quantitative estimate of drug-likeness (QED) is 0.865. The lowest BCUT2D eigenvalue weighted by Gasteiger charge is -2.24. The average Bonchev–Trinajstić information content (AvgIpc) is 2.47. The molecule has 6 heteroatoms. The van der Waals surface area contributed by atoms with Gasteiger partial charge in [0.05, 0.1) is 5.92 Å². The van der Waals surface area contributed by atoms with Crippen LogP contribution >= 0.6 is 0 Å². The van der Waals surface area contributed by atoms with E-state index in [1.165, 1.54) is 0 Å². The molecule has 0 radical (unpaired) electrons. The Balaban J connectivity index is 1.71. The first kappa shape index (κ1) is 13.3. The number of aliphatic carboxylic acids is 1. The fraction of sp³-hybridized carbons (Fsp3) is 0.643. The largest absolute Gasteiger partial charge is 0.481 e. The molecule has 0 spiro atoms. The summed E-state index contributed by atoms with van der Waals surface area (Å²) < 4.78 is 5.32. The summed E-state index contributed by atoms with van der Waals surface area (Å²) in [6, 6.07) is 0.348. The van der Waals surface area contributed by atoms with Gasteiger partial charge in [-0.1, -0.05) is 0 Å². The third-order valence-corrected chi connectivity index (χ3v) is 4.06. The summed E-state index contributed by atoms with van der Waals surface area (Å²) in [7, 11) is 0. The zero-order valence-corrected chi connectivity index (χ0v) is 11.3. The monoisotopic (exact) mass is 277 g/mol. The summed E-state index contributed by atoms with van der Waals surface area (Å²) in [5.41, 5.74) is 1.97. The second kappa shape index (κ2) is 5.75. The van der Waals surface area contributed by atoms with E-state index in [0.717, 1.165) is 43.7 Å². The predicted molar refractivity (Wildman–Crippen MR) is 72.6 cm³/mol. The van der Waals surface area contributed by atoms with Crippen LogP contribution in [0.2, 0.25) is 0 Å². The molecular formula is C14H19N3O3. The molecule has 108 valence electrons. The topological polar surface area (TPSA) is 84.3 Å². The molecule has 3 rings (SSSR count). The minimum absolute atomic E-state index is 0.312. The van der Waals surface area contributed by atoms with Gasteiger partial charge in [-0.15, -0.1) is 0 Å². The van der Waals surface area contributed by atoms with Crippen LogP contribution in [0.4, 0.5) is 5.95 Å². The highest BCUT2D eigenvalue weighted by atomic mass is 16.5. The van der Waals surface area contributed by atoms with Gasteiger partial charge in [0.25, 0.3) is 0 Å². The lowest BCUT2D eigenvalue weighted by molar-refractivity contribution is -0.142. The first-order valence-electron chi connectivity index (χ1n) is 7.14. The predicted octanol–water partition coefficient (Wildman–Crippen LogP) is 1.26. The smallest absolute Gasteiger partial charge is 0.306 e. The second-order valence-corrected chi connectivity index (χ2v) is 5.47. The minimum Gasteiger partial charge on any atom is -0.481 e. The molecule has 1 aromatic rings. The highest BCUT2D eigenvalue weighted by Gasteiger charge is 2.26. The molecule has 6 nitrogen and oxygen atoms in total. The molecule has 1 aromatic heterocycles. The zero-order chi connectivity index (χ0) is 13.9. The molecule has 2 heterocycles. The van der Waals surface area contributed by atoms with Crippen molar-refractivity contribution >= 4 is 11.9 Å². The Morgan fingerprint density at radius 1 is 1.35 bits per heavy atom. The van der Waals surface area contributed by atoms with Gasteiger partial charge in [0, 0.05) is 37.6 Å². The van der Waals surface area contributed by atoms with E-state index in [0.29, 0.717) is 24.8 Å². The number of fused-ring (bicyclic) bond motifs is 1. The number of rotatable bonds is 3. The Labute approximate surface area is 117 Å². The molecule has 1 atom stereocenters. The van der Waals surface area contributed by atoms with Crippen LogP contribution in [0, 0.1) is 5.92 Å². The van der Waals surface area contributed by atoms with Crippen molar-refractivity contribution in [2.24, 2.45) is 5.92 Å². The van der Waals surface area contributed by atoms with Gasteiger partial charge in [0.15, 0.2) is 0 Å². The van der Waals surface area contributed by atoms with Crippen LogP contribution in [0.3, 0.4) is 0 Å². The number of ether oxygens (including phenoxy) is 1. The van der Waals surface area contributed by atoms with Crippen LogP contribution in [0.5, 0.6) is 0 Å². The van der Waals surface area contributed by atoms with Crippen LogP contribution in [0.1, 0.15) is 30.5 Å². The fourth-order valence-corrected chi connectivity index (χ4v) is 2.80. The van der Waals surface area contributed by atoms with E-state index in [1.54, 1.807) is 0 Å². The molecular weight excluding hydrogens is 258 g/mol. The van der Waals surface area contributed by atoms with Gasteiger partial charge in [-0.25, -0.2) is 9.97 Å². The Bertz CT molecular complexity index is 500. The number of carbonyl (C=O) groups is 1. The molecule has 1 saturated heterocycles. The zero-order valence-electron chi connectivity index (χ0n) is 11.3. The average molecular weight is 277 g/mol. The van der Waals surface area contributed by atoms with Gasteiger partial charge in [0.1, 0.15) is 0 Å². The van der Waals surface area contributed by atoms with E-state index in [4.69, 9.17) is 9.84 Å². The van der Waals surface area contributed by atoms with Gasteiger partial charge < -0.3 is 15.2 Å². The van der Waals surface area contributed by atoms with Crippen molar-refractivity contribution in [2.75, 3.05) is 18.5 Å². The molecule has 1 aliphatic carbocycles. The number of aromatic nitrogens is 2. The normalized spacial score (nSPS) is 23.1. The van der Waals surface area contributed by atoms with Crippen LogP contribution in [-0.4, -0.2) is 40.3 Å². The number of carboxylic acids is 1. The number of aryl methyl sites for hydroxylation is 1. The summed E-state index contributed by atoms with van der Waals surface area (Å²) in [4.78, 5) is 20.0. The van der Waals surface area contributed by atoms with E-state index in [-0.39, 0.29) is 5.92 Å². The van der Waals surface area contributed by atoms with E-state index >= 15 is 0 Å². The molecule has 0 amide bonds. The van der Waals surface area contributed by atoms with Crippen molar-refractivity contribution in [2.45, 2.75) is 38.1 Å². The summed E-state index contributed by atoms with van der Waals surface area (Å²) in [5, 5.41) is 12.4. The van der Waals surface area contributed by atoms with Crippen LogP contribution < -0.4 is 5.32 Å². The van der Waals surface area contributed by atoms with Gasteiger partial charge in [-0.3, -0.25) is 4.79 Å². The lowest BCUT2D eigenvalue weighted by atomic mass is 9.88. The van der Waals surface area contributed by atoms with Gasteiger partial charge in [-0.2, -0.15) is 0 Å². The number of carboxylic acid groups (broad SMARTS) is 1. The summed E-state index contributed by atoms with van der Waals surface area (Å²) >= 11 is 0. The molecule has 0 bridgehead atoms. The summed E-state index contributed by atoms with van der Waals surface area (Å²) in [6.45, 7) is 1.54. The molecule has 0 unspecified atom stereocenters. The van der Waals surface area contributed by atoms with Crippen LogP contribution in [-0.2, 0) is 22.4 Å². The Morgan fingerprint density at radius 2 is 2.15 bits per heavy atom.